The van der Waals surface area contributed by atoms with Gasteiger partial charge in [0.2, 0.25) is 11.8 Å². The van der Waals surface area contributed by atoms with E-state index in [1.165, 1.54) is 0 Å². The largest absolute Gasteiger partial charge is 0.374 e. The van der Waals surface area contributed by atoms with Crippen LogP contribution in [0.3, 0.4) is 0 Å². The molecule has 3 N–H and O–H groups in total. The third kappa shape index (κ3) is 3.32. The Morgan fingerprint density at radius 1 is 1.17 bits per heavy atom. The van der Waals surface area contributed by atoms with Gasteiger partial charge in [-0.3, -0.25) is 9.59 Å². The third-order valence-corrected chi connectivity index (χ3v) is 4.45. The van der Waals surface area contributed by atoms with Crippen molar-refractivity contribution in [3.63, 3.8) is 0 Å². The zero-order valence-corrected chi connectivity index (χ0v) is 14.1. The summed E-state index contributed by atoms with van der Waals surface area (Å²) in [5, 5.41) is 4.15. The number of primary amides is 1. The summed E-state index contributed by atoms with van der Waals surface area (Å²) in [6.07, 6.45) is 0.648. The van der Waals surface area contributed by atoms with E-state index in [9.17, 15) is 9.59 Å². The van der Waals surface area contributed by atoms with Crippen LogP contribution in [0.4, 0.5) is 11.4 Å². The van der Waals surface area contributed by atoms with Crippen LogP contribution in [0.25, 0.3) is 0 Å². The lowest BCUT2D eigenvalue weighted by molar-refractivity contribution is -0.117. The minimum absolute atomic E-state index is 0.0572. The molecule has 0 aliphatic carbocycles. The summed E-state index contributed by atoms with van der Waals surface area (Å²) >= 11 is 12.1. The van der Waals surface area contributed by atoms with Crippen LogP contribution in [0, 0.1) is 0 Å². The van der Waals surface area contributed by atoms with Crippen molar-refractivity contribution in [2.24, 2.45) is 5.73 Å². The first-order valence-corrected chi connectivity index (χ1v) is 8.14. The Balaban J connectivity index is 1.73. The summed E-state index contributed by atoms with van der Waals surface area (Å²) in [6.45, 7) is 0.567. The van der Waals surface area contributed by atoms with Crippen molar-refractivity contribution in [3.8, 4) is 0 Å². The van der Waals surface area contributed by atoms with Gasteiger partial charge in [-0.2, -0.15) is 0 Å². The van der Waals surface area contributed by atoms with E-state index < -0.39 is 5.91 Å². The number of hydrogen-bond donors (Lipinski definition) is 2. The molecule has 5 nitrogen and oxygen atoms in total. The molecule has 0 saturated carbocycles. The average Bonchev–Trinajstić information content (AvgIpc) is 2.89. The number of amides is 2. The first kappa shape index (κ1) is 16.6. The molecule has 7 heteroatoms. The molecule has 1 fully saturated rings. The van der Waals surface area contributed by atoms with Gasteiger partial charge in [0.1, 0.15) is 6.04 Å². The first-order chi connectivity index (χ1) is 11.5. The van der Waals surface area contributed by atoms with Crippen molar-refractivity contribution >= 4 is 46.4 Å². The molecule has 0 radical (unpaired) electrons. The van der Waals surface area contributed by atoms with Crippen molar-refractivity contribution in [1.82, 2.24) is 0 Å². The maximum absolute atomic E-state index is 12.6. The zero-order valence-electron chi connectivity index (χ0n) is 12.6. The minimum atomic E-state index is -0.484. The molecule has 0 aromatic heterocycles. The molecule has 2 amide bonds. The van der Waals surface area contributed by atoms with Crippen LogP contribution in [0.1, 0.15) is 16.8 Å². The molecule has 124 valence electrons. The van der Waals surface area contributed by atoms with Crippen LogP contribution >= 0.6 is 23.2 Å². The smallest absolute Gasteiger partial charge is 0.249 e. The highest BCUT2D eigenvalue weighted by atomic mass is 35.5. The number of carbonyl (C=O) groups is 2. The second kappa shape index (κ2) is 6.71. The predicted octanol–water partition coefficient (Wildman–Crippen LogP) is 3.31. The van der Waals surface area contributed by atoms with Gasteiger partial charge in [0.25, 0.3) is 0 Å². The van der Waals surface area contributed by atoms with Crippen LogP contribution in [-0.2, 0) is 4.79 Å². The first-order valence-electron chi connectivity index (χ1n) is 7.38. The van der Waals surface area contributed by atoms with Gasteiger partial charge in [-0.25, -0.2) is 0 Å². The maximum Gasteiger partial charge on any atom is 0.249 e. The van der Waals surface area contributed by atoms with Gasteiger partial charge >= 0.3 is 0 Å². The lowest BCUT2D eigenvalue weighted by Gasteiger charge is -2.19. The fourth-order valence-corrected chi connectivity index (χ4v) is 3.20. The number of halogens is 2. The van der Waals surface area contributed by atoms with E-state index in [0.29, 0.717) is 34.3 Å². The Hall–Kier alpha value is -2.24. The molecule has 1 unspecified atom stereocenters. The summed E-state index contributed by atoms with van der Waals surface area (Å²) in [5.41, 5.74) is 7.04. The zero-order chi connectivity index (χ0) is 17.3. The predicted molar refractivity (Wildman–Crippen MR) is 95.8 cm³/mol. The van der Waals surface area contributed by atoms with Gasteiger partial charge in [-0.15, -0.1) is 0 Å². The average molecular weight is 364 g/mol. The number of carbonyl (C=O) groups excluding carboxylic acids is 2. The maximum atomic E-state index is 12.6. The molecule has 0 spiro atoms. The second-order valence-corrected chi connectivity index (χ2v) is 6.36. The van der Waals surface area contributed by atoms with E-state index >= 15 is 0 Å². The third-order valence-electron chi connectivity index (χ3n) is 3.92. The molecule has 1 heterocycles. The summed E-state index contributed by atoms with van der Waals surface area (Å²) in [5.74, 6) is -0.541. The summed E-state index contributed by atoms with van der Waals surface area (Å²) < 4.78 is 0. The molecule has 1 aliphatic heterocycles. The van der Waals surface area contributed by atoms with Gasteiger partial charge in [0, 0.05) is 22.8 Å². The van der Waals surface area contributed by atoms with E-state index in [2.05, 4.69) is 5.32 Å². The van der Waals surface area contributed by atoms with E-state index in [0.717, 1.165) is 5.69 Å². The standard InChI is InChI=1S/C17H15Cl2N3O2/c18-11-3-6-15(13(19)9-11)22-8-7-14(17(22)24)21-12-4-1-10(2-5-12)16(20)23/h1-6,9,14,21H,7-8H2,(H2,20,23). The molecule has 2 aromatic carbocycles. The molecular weight excluding hydrogens is 349 g/mol. The fraction of sp³-hybridized carbons (Fsp3) is 0.176. The van der Waals surface area contributed by atoms with Crippen molar-refractivity contribution in [2.75, 3.05) is 16.8 Å². The van der Waals surface area contributed by atoms with Gasteiger partial charge in [0.15, 0.2) is 0 Å². The highest BCUT2D eigenvalue weighted by molar-refractivity contribution is 6.36. The summed E-state index contributed by atoms with van der Waals surface area (Å²) in [6, 6.07) is 11.4. The Morgan fingerprint density at radius 3 is 2.50 bits per heavy atom. The number of nitrogens with one attached hydrogen (secondary N) is 1. The van der Waals surface area contributed by atoms with Crippen molar-refractivity contribution in [2.45, 2.75) is 12.5 Å². The lowest BCUT2D eigenvalue weighted by atomic mass is 10.1. The van der Waals surface area contributed by atoms with Gasteiger partial charge in [0.05, 0.1) is 10.7 Å². The lowest BCUT2D eigenvalue weighted by Crippen LogP contribution is -2.33. The van der Waals surface area contributed by atoms with Crippen LogP contribution < -0.4 is 16.0 Å². The monoisotopic (exact) mass is 363 g/mol. The van der Waals surface area contributed by atoms with E-state index in [1.807, 2.05) is 0 Å². The fourth-order valence-electron chi connectivity index (χ4n) is 2.69. The van der Waals surface area contributed by atoms with Crippen LogP contribution in [0.2, 0.25) is 10.0 Å². The molecule has 1 saturated heterocycles. The molecule has 1 atom stereocenters. The van der Waals surface area contributed by atoms with Crippen molar-refractivity contribution in [3.05, 3.63) is 58.1 Å². The van der Waals surface area contributed by atoms with E-state index in [4.69, 9.17) is 28.9 Å². The number of benzene rings is 2. The Morgan fingerprint density at radius 2 is 1.88 bits per heavy atom. The molecule has 3 rings (SSSR count). The number of hydrogen-bond acceptors (Lipinski definition) is 3. The van der Waals surface area contributed by atoms with Gasteiger partial charge < -0.3 is 16.0 Å². The van der Waals surface area contributed by atoms with Crippen LogP contribution in [0.15, 0.2) is 42.5 Å². The summed E-state index contributed by atoms with van der Waals surface area (Å²) in [4.78, 5) is 25.4. The van der Waals surface area contributed by atoms with Crippen LogP contribution in [0.5, 0.6) is 0 Å². The number of rotatable bonds is 4. The molecule has 24 heavy (non-hydrogen) atoms. The van der Waals surface area contributed by atoms with Gasteiger partial charge in [-0.1, -0.05) is 23.2 Å². The highest BCUT2D eigenvalue weighted by Crippen LogP contribution is 2.32. The van der Waals surface area contributed by atoms with Crippen molar-refractivity contribution < 1.29 is 9.59 Å². The minimum Gasteiger partial charge on any atom is -0.374 e. The highest BCUT2D eigenvalue weighted by Gasteiger charge is 2.33. The molecule has 2 aromatic rings. The number of nitrogens with zero attached hydrogens (tertiary/aromatic N) is 1. The second-order valence-electron chi connectivity index (χ2n) is 5.51. The SMILES string of the molecule is NC(=O)c1ccc(NC2CCN(c3ccc(Cl)cc3Cl)C2=O)cc1. The van der Waals surface area contributed by atoms with Crippen LogP contribution in [-0.4, -0.2) is 24.4 Å². The molecular formula is C17H15Cl2N3O2. The Labute approximate surface area is 149 Å². The Bertz CT molecular complexity index is 793. The quantitative estimate of drug-likeness (QED) is 0.874. The molecule has 1 aliphatic rings. The van der Waals surface area contributed by atoms with Crippen molar-refractivity contribution in [1.29, 1.82) is 0 Å². The van der Waals surface area contributed by atoms with Gasteiger partial charge in [-0.05, 0) is 48.9 Å². The molecule has 0 bridgehead atoms. The number of nitrogens with two attached hydrogens (primary N) is 1. The van der Waals surface area contributed by atoms with E-state index in [1.54, 1.807) is 47.4 Å². The normalized spacial score (nSPS) is 17.2. The Kier molecular flexibility index (Phi) is 4.64. The number of anilines is 2. The topological polar surface area (TPSA) is 75.4 Å². The van der Waals surface area contributed by atoms with E-state index in [-0.39, 0.29) is 11.9 Å². The summed E-state index contributed by atoms with van der Waals surface area (Å²) in [7, 11) is 0.